The van der Waals surface area contributed by atoms with Crippen molar-refractivity contribution in [1.29, 1.82) is 0 Å². The lowest BCUT2D eigenvalue weighted by Gasteiger charge is -2.42. The maximum absolute atomic E-state index is 7.07. The fourth-order valence-electron chi connectivity index (χ4n) is 4.08. The van der Waals surface area contributed by atoms with Gasteiger partial charge in [0.2, 0.25) is 0 Å². The van der Waals surface area contributed by atoms with Crippen LogP contribution in [0.25, 0.3) is 0 Å². The van der Waals surface area contributed by atoms with Gasteiger partial charge in [-0.15, -0.1) is 6.42 Å². The number of terminal acetylenes is 1. The lowest BCUT2D eigenvalue weighted by molar-refractivity contribution is -0.0727. The molecular weight excluding hydrogens is 364 g/mol. The van der Waals surface area contributed by atoms with Crippen LogP contribution in [0, 0.1) is 17.8 Å². The maximum atomic E-state index is 7.07. The van der Waals surface area contributed by atoms with E-state index in [1.165, 1.54) is 0 Å². The average Bonchev–Trinajstić information content (AvgIpc) is 2.80. The lowest BCUT2D eigenvalue weighted by Crippen LogP contribution is -2.42. The predicted molar refractivity (Wildman–Crippen MR) is 126 cm³/mol. The molecule has 0 aliphatic heterocycles. The minimum atomic E-state index is -0.787. The molecule has 0 N–H and O–H groups in total. The Balaban J connectivity index is 2.22. The second kappa shape index (κ2) is 9.79. The number of unbranched alkanes of at least 4 members (excludes halogenated alkanes) is 1. The Morgan fingerprint density at radius 1 is 0.767 bits per heavy atom. The Morgan fingerprint density at radius 3 is 1.50 bits per heavy atom. The molecule has 0 radical (unpaired) electrons. The van der Waals surface area contributed by atoms with E-state index in [9.17, 15) is 0 Å². The van der Waals surface area contributed by atoms with Gasteiger partial charge >= 0.3 is 0 Å². The number of hydrogen-bond acceptors (Lipinski definition) is 1. The van der Waals surface area contributed by atoms with Gasteiger partial charge in [0, 0.05) is 5.41 Å². The summed E-state index contributed by atoms with van der Waals surface area (Å²) >= 11 is 0. The fraction of sp³-hybridized carbons (Fsp3) is 0.310. The Labute approximate surface area is 182 Å². The van der Waals surface area contributed by atoms with E-state index < -0.39 is 5.60 Å². The molecule has 0 aliphatic carbocycles. The summed E-state index contributed by atoms with van der Waals surface area (Å²) in [6.07, 6.45) is 9.04. The zero-order valence-electron chi connectivity index (χ0n) is 18.3. The molecule has 0 saturated carbocycles. The first kappa shape index (κ1) is 21.9. The van der Waals surface area contributed by atoms with Crippen LogP contribution in [0.4, 0.5) is 0 Å². The van der Waals surface area contributed by atoms with Crippen molar-refractivity contribution in [3.05, 3.63) is 108 Å². The highest BCUT2D eigenvalue weighted by Crippen LogP contribution is 2.44. The van der Waals surface area contributed by atoms with E-state index in [2.05, 4.69) is 99.5 Å². The van der Waals surface area contributed by atoms with Gasteiger partial charge in [-0.1, -0.05) is 131 Å². The summed E-state index contributed by atoms with van der Waals surface area (Å²) in [6.45, 7) is 6.65. The summed E-state index contributed by atoms with van der Waals surface area (Å²) in [7, 11) is 0. The highest BCUT2D eigenvalue weighted by molar-refractivity contribution is 5.47. The van der Waals surface area contributed by atoms with Gasteiger partial charge in [-0.2, -0.15) is 0 Å². The van der Waals surface area contributed by atoms with Crippen LogP contribution in [0.15, 0.2) is 91.0 Å². The molecule has 30 heavy (non-hydrogen) atoms. The SMILES string of the molecule is C#CC(OC(c1ccccc1)(c1ccccc1)c1ccccc1)C(C)(C)CCCC. The van der Waals surface area contributed by atoms with Gasteiger partial charge in [0.1, 0.15) is 11.7 Å². The molecule has 0 aromatic heterocycles. The molecule has 1 atom stereocenters. The first-order valence-corrected chi connectivity index (χ1v) is 10.8. The lowest BCUT2D eigenvalue weighted by atomic mass is 9.77. The number of benzene rings is 3. The molecule has 0 aliphatic rings. The topological polar surface area (TPSA) is 9.23 Å². The summed E-state index contributed by atoms with van der Waals surface area (Å²) < 4.78 is 7.07. The van der Waals surface area contributed by atoms with Crippen molar-refractivity contribution in [2.75, 3.05) is 0 Å². The molecule has 154 valence electrons. The zero-order valence-corrected chi connectivity index (χ0v) is 18.3. The van der Waals surface area contributed by atoms with Crippen molar-refractivity contribution in [1.82, 2.24) is 0 Å². The molecule has 1 nitrogen and oxygen atoms in total. The van der Waals surface area contributed by atoms with Gasteiger partial charge < -0.3 is 4.74 Å². The predicted octanol–water partition coefficient (Wildman–Crippen LogP) is 7.21. The van der Waals surface area contributed by atoms with Crippen molar-refractivity contribution in [2.24, 2.45) is 5.41 Å². The van der Waals surface area contributed by atoms with E-state index in [4.69, 9.17) is 11.2 Å². The minimum absolute atomic E-state index is 0.144. The Hall–Kier alpha value is -2.82. The third kappa shape index (κ3) is 4.50. The molecule has 0 spiro atoms. The summed E-state index contributed by atoms with van der Waals surface area (Å²) in [5, 5.41) is 0. The molecule has 3 aromatic carbocycles. The van der Waals surface area contributed by atoms with Crippen LogP contribution in [0.3, 0.4) is 0 Å². The van der Waals surface area contributed by atoms with E-state index in [0.717, 1.165) is 36.0 Å². The van der Waals surface area contributed by atoms with E-state index in [-0.39, 0.29) is 11.5 Å². The Morgan fingerprint density at radius 2 is 1.17 bits per heavy atom. The molecule has 3 aromatic rings. The van der Waals surface area contributed by atoms with Crippen LogP contribution in [-0.2, 0) is 10.3 Å². The minimum Gasteiger partial charge on any atom is -0.344 e. The molecule has 0 saturated heterocycles. The van der Waals surface area contributed by atoms with Crippen LogP contribution in [0.5, 0.6) is 0 Å². The van der Waals surface area contributed by atoms with Gasteiger partial charge in [-0.3, -0.25) is 0 Å². The molecule has 0 bridgehead atoms. The second-order valence-corrected chi connectivity index (χ2v) is 8.54. The first-order chi connectivity index (χ1) is 14.5. The monoisotopic (exact) mass is 396 g/mol. The van der Waals surface area contributed by atoms with Crippen molar-refractivity contribution >= 4 is 0 Å². The van der Waals surface area contributed by atoms with Gasteiger partial charge in [-0.25, -0.2) is 0 Å². The third-order valence-corrected chi connectivity index (χ3v) is 5.87. The molecule has 3 rings (SSSR count). The summed E-state index contributed by atoms with van der Waals surface area (Å²) in [6, 6.07) is 31.3. The zero-order chi connectivity index (χ0) is 21.5. The number of rotatable bonds is 9. The third-order valence-electron chi connectivity index (χ3n) is 5.87. The first-order valence-electron chi connectivity index (χ1n) is 10.8. The molecule has 0 heterocycles. The van der Waals surface area contributed by atoms with E-state index >= 15 is 0 Å². The van der Waals surface area contributed by atoms with Crippen LogP contribution in [0.1, 0.15) is 56.7 Å². The summed E-state index contributed by atoms with van der Waals surface area (Å²) in [4.78, 5) is 0. The van der Waals surface area contributed by atoms with Crippen molar-refractivity contribution in [2.45, 2.75) is 51.7 Å². The average molecular weight is 397 g/mol. The smallest absolute Gasteiger partial charge is 0.145 e. The fourth-order valence-corrected chi connectivity index (χ4v) is 4.08. The second-order valence-electron chi connectivity index (χ2n) is 8.54. The van der Waals surface area contributed by atoms with Crippen LogP contribution < -0.4 is 0 Å². The summed E-state index contributed by atoms with van der Waals surface area (Å²) in [5.74, 6) is 2.99. The van der Waals surface area contributed by atoms with Gasteiger partial charge in [-0.05, 0) is 23.1 Å². The van der Waals surface area contributed by atoms with E-state index in [0.29, 0.717) is 0 Å². The number of ether oxygens (including phenoxy) is 1. The molecule has 0 amide bonds. The largest absolute Gasteiger partial charge is 0.344 e. The van der Waals surface area contributed by atoms with Gasteiger partial charge in [0.15, 0.2) is 0 Å². The quantitative estimate of drug-likeness (QED) is 0.274. The summed E-state index contributed by atoms with van der Waals surface area (Å²) in [5.41, 5.74) is 2.30. The molecule has 0 fully saturated rings. The highest BCUT2D eigenvalue weighted by atomic mass is 16.5. The standard InChI is InChI=1S/C29H32O/c1-5-7-23-28(3,4)27(6-2)30-29(24-17-11-8-12-18-24,25-19-13-9-14-20-25)26-21-15-10-16-22-26/h2,8-22,27H,5,7,23H2,1,3-4H3. The van der Waals surface area contributed by atoms with Crippen LogP contribution in [0.2, 0.25) is 0 Å². The highest BCUT2D eigenvalue weighted by Gasteiger charge is 2.42. The molecule has 1 unspecified atom stereocenters. The van der Waals surface area contributed by atoms with Crippen molar-refractivity contribution in [3.8, 4) is 12.3 Å². The van der Waals surface area contributed by atoms with Crippen LogP contribution in [-0.4, -0.2) is 6.10 Å². The normalized spacial score (nSPS) is 12.9. The van der Waals surface area contributed by atoms with Crippen LogP contribution >= 0.6 is 0 Å². The molecule has 1 heteroatoms. The van der Waals surface area contributed by atoms with Crippen molar-refractivity contribution < 1.29 is 4.74 Å². The van der Waals surface area contributed by atoms with Crippen molar-refractivity contribution in [3.63, 3.8) is 0 Å². The van der Waals surface area contributed by atoms with E-state index in [1.54, 1.807) is 0 Å². The Kier molecular flexibility index (Phi) is 7.14. The van der Waals surface area contributed by atoms with Gasteiger partial charge in [0.25, 0.3) is 0 Å². The molecular formula is C29H32O. The Bertz CT molecular complexity index is 839. The number of hydrogen-bond donors (Lipinski definition) is 0. The van der Waals surface area contributed by atoms with E-state index in [1.807, 2.05) is 18.2 Å². The maximum Gasteiger partial charge on any atom is 0.145 e. The van der Waals surface area contributed by atoms with Gasteiger partial charge in [0.05, 0.1) is 0 Å².